The lowest BCUT2D eigenvalue weighted by Gasteiger charge is -2.21. The monoisotopic (exact) mass is 431 g/mol. The first-order chi connectivity index (χ1) is 12.6. The van der Waals surface area contributed by atoms with E-state index in [2.05, 4.69) is 24.4 Å². The van der Waals surface area contributed by atoms with Crippen molar-refractivity contribution in [2.24, 2.45) is 0 Å². The van der Waals surface area contributed by atoms with Crippen molar-refractivity contribution in [3.8, 4) is 0 Å². The van der Waals surface area contributed by atoms with Gasteiger partial charge in [-0.1, -0.05) is 55.9 Å². The molecule has 0 aliphatic carbocycles. The second kappa shape index (κ2) is 10.9. The highest BCUT2D eigenvalue weighted by Gasteiger charge is 2.36. The number of thioether (sulfide) groups is 3. The Kier molecular flexibility index (Phi) is 9.21. The summed E-state index contributed by atoms with van der Waals surface area (Å²) in [4.78, 5) is 0. The van der Waals surface area contributed by atoms with Crippen molar-refractivity contribution in [3.05, 3.63) is 49.8 Å². The molecule has 0 fully saturated rings. The van der Waals surface area contributed by atoms with Crippen LogP contribution in [0.15, 0.2) is 44.2 Å². The first-order valence-corrected chi connectivity index (χ1v) is 13.1. The normalized spacial score (nSPS) is 16.8. The maximum Gasteiger partial charge on any atom is 0.370 e. The minimum Gasteiger partial charge on any atom is -0.347 e. The van der Waals surface area contributed by atoms with E-state index in [1.54, 1.807) is 23.5 Å². The van der Waals surface area contributed by atoms with E-state index in [4.69, 9.17) is 9.05 Å². The molecule has 1 heterocycles. The minimum atomic E-state index is -3.34. The van der Waals surface area contributed by atoms with Crippen molar-refractivity contribution in [1.29, 1.82) is 0 Å². The summed E-state index contributed by atoms with van der Waals surface area (Å²) < 4.78 is 26.5. The van der Waals surface area contributed by atoms with E-state index in [1.807, 2.05) is 39.0 Å². The lowest BCUT2D eigenvalue weighted by Crippen LogP contribution is -2.08. The van der Waals surface area contributed by atoms with Gasteiger partial charge in [0.1, 0.15) is 9.68 Å². The molecule has 4 nitrogen and oxygen atoms in total. The van der Waals surface area contributed by atoms with Gasteiger partial charge in [0, 0.05) is 0 Å². The van der Waals surface area contributed by atoms with Gasteiger partial charge in [-0.2, -0.15) is 0 Å². The number of hydrogen-bond acceptors (Lipinski definition) is 7. The van der Waals surface area contributed by atoms with E-state index in [0.717, 1.165) is 27.8 Å². The van der Waals surface area contributed by atoms with Crippen molar-refractivity contribution in [1.82, 2.24) is 5.32 Å². The molecule has 26 heavy (non-hydrogen) atoms. The molecule has 8 heteroatoms. The second-order valence-electron chi connectivity index (χ2n) is 5.09. The van der Waals surface area contributed by atoms with Crippen LogP contribution >= 0.6 is 42.9 Å². The highest BCUT2D eigenvalue weighted by atomic mass is 32.2. The summed E-state index contributed by atoms with van der Waals surface area (Å²) in [6.45, 7) is 8.55. The molecule has 0 atom stereocenters. The third-order valence-electron chi connectivity index (χ3n) is 3.30. The van der Waals surface area contributed by atoms with Crippen LogP contribution in [0.1, 0.15) is 33.3 Å². The standard InChI is InChI=1S/C18H26NO3PS3/c1-5-21-23(20,22-6-2)17(24-7-3)16-19-15(18(26-16)25-8-4)14-12-10-9-11-13-14/h9-13,19H,5-8H2,1-4H3/b17-16+. The summed E-state index contributed by atoms with van der Waals surface area (Å²) in [7, 11) is -3.34. The fraction of sp³-hybridized carbons (Fsp3) is 0.444. The quantitative estimate of drug-likeness (QED) is 0.422. The van der Waals surface area contributed by atoms with Gasteiger partial charge in [-0.05, 0) is 30.9 Å². The summed E-state index contributed by atoms with van der Waals surface area (Å²) in [6.07, 6.45) is 0. The molecule has 1 aliphatic heterocycles. The highest BCUT2D eigenvalue weighted by molar-refractivity contribution is 8.25. The topological polar surface area (TPSA) is 47.6 Å². The average molecular weight is 432 g/mol. The molecule has 0 saturated carbocycles. The molecule has 0 unspecified atom stereocenters. The van der Waals surface area contributed by atoms with Crippen LogP contribution < -0.4 is 5.32 Å². The Labute approximate surface area is 169 Å². The van der Waals surface area contributed by atoms with Crippen LogP contribution in [0.3, 0.4) is 0 Å². The van der Waals surface area contributed by atoms with Gasteiger partial charge in [0.2, 0.25) is 0 Å². The third kappa shape index (κ3) is 5.37. The van der Waals surface area contributed by atoms with Crippen LogP contribution in [-0.4, -0.2) is 24.7 Å². The minimum absolute atomic E-state index is 0.346. The zero-order valence-electron chi connectivity index (χ0n) is 15.6. The molecule has 0 bridgehead atoms. The van der Waals surface area contributed by atoms with E-state index in [-0.39, 0.29) is 0 Å². The fourth-order valence-corrected chi connectivity index (χ4v) is 8.33. The second-order valence-corrected chi connectivity index (χ2v) is 11.2. The molecule has 144 valence electrons. The van der Waals surface area contributed by atoms with Gasteiger partial charge < -0.3 is 14.4 Å². The molecule has 0 spiro atoms. The zero-order chi connectivity index (χ0) is 19.0. The molecule has 0 aromatic heterocycles. The third-order valence-corrected chi connectivity index (χ3v) is 9.58. The number of nitrogens with one attached hydrogen (secondary N) is 1. The van der Waals surface area contributed by atoms with Crippen LogP contribution in [0.25, 0.3) is 5.70 Å². The van der Waals surface area contributed by atoms with Crippen molar-refractivity contribution in [2.75, 3.05) is 24.7 Å². The number of hydrogen-bond donors (Lipinski definition) is 1. The van der Waals surface area contributed by atoms with E-state index in [0.29, 0.717) is 17.9 Å². The lowest BCUT2D eigenvalue weighted by atomic mass is 10.2. The molecular weight excluding hydrogens is 405 g/mol. The Morgan fingerprint density at radius 3 is 2.27 bits per heavy atom. The Bertz CT molecular complexity index is 697. The number of benzene rings is 1. The molecule has 0 saturated heterocycles. The molecule has 0 radical (unpaired) electrons. The summed E-state index contributed by atoms with van der Waals surface area (Å²) in [6, 6.07) is 10.2. The first kappa shape index (κ1) is 22.0. The van der Waals surface area contributed by atoms with Crippen LogP contribution in [0, 0.1) is 0 Å². The van der Waals surface area contributed by atoms with E-state index in [1.165, 1.54) is 16.0 Å². The maximum atomic E-state index is 13.4. The van der Waals surface area contributed by atoms with Gasteiger partial charge in [0.15, 0.2) is 0 Å². The summed E-state index contributed by atoms with van der Waals surface area (Å²) in [5.74, 6) is 1.76. The molecule has 1 aliphatic rings. The Morgan fingerprint density at radius 2 is 1.73 bits per heavy atom. The fourth-order valence-electron chi connectivity index (χ4n) is 2.36. The molecule has 1 aromatic rings. The van der Waals surface area contributed by atoms with Crippen LogP contribution in [0.2, 0.25) is 0 Å². The predicted octanol–water partition coefficient (Wildman–Crippen LogP) is 6.55. The lowest BCUT2D eigenvalue weighted by molar-refractivity contribution is 0.228. The van der Waals surface area contributed by atoms with Gasteiger partial charge in [-0.15, -0.1) is 23.5 Å². The van der Waals surface area contributed by atoms with Gasteiger partial charge in [0.25, 0.3) is 0 Å². The Hall–Kier alpha value is -0.300. The van der Waals surface area contributed by atoms with E-state index in [9.17, 15) is 4.57 Å². The smallest absolute Gasteiger partial charge is 0.347 e. The van der Waals surface area contributed by atoms with Crippen molar-refractivity contribution < 1.29 is 13.6 Å². The summed E-state index contributed by atoms with van der Waals surface area (Å²) >= 11 is 4.93. The average Bonchev–Trinajstić information content (AvgIpc) is 3.04. The van der Waals surface area contributed by atoms with Gasteiger partial charge in [0.05, 0.1) is 23.1 Å². The summed E-state index contributed by atoms with van der Waals surface area (Å²) in [5, 5.41) is 4.36. The van der Waals surface area contributed by atoms with Crippen LogP contribution in [0.5, 0.6) is 0 Å². The largest absolute Gasteiger partial charge is 0.370 e. The van der Waals surface area contributed by atoms with E-state index >= 15 is 0 Å². The maximum absolute atomic E-state index is 13.4. The van der Waals surface area contributed by atoms with Crippen LogP contribution in [-0.2, 0) is 13.6 Å². The SMILES string of the molecule is CCOP(=O)(OCC)/C(SCC)=C1/NC(c2ccccc2)=C(SCC)S1. The van der Waals surface area contributed by atoms with E-state index < -0.39 is 7.60 Å². The van der Waals surface area contributed by atoms with Crippen LogP contribution in [0.4, 0.5) is 0 Å². The molecule has 2 rings (SSSR count). The first-order valence-electron chi connectivity index (χ1n) is 8.73. The van der Waals surface area contributed by atoms with Gasteiger partial charge in [-0.3, -0.25) is 4.57 Å². The predicted molar refractivity (Wildman–Crippen MR) is 118 cm³/mol. The van der Waals surface area contributed by atoms with Crippen molar-refractivity contribution in [2.45, 2.75) is 27.7 Å². The zero-order valence-corrected chi connectivity index (χ0v) is 19.0. The van der Waals surface area contributed by atoms with Crippen molar-refractivity contribution >= 4 is 48.6 Å². The molecular formula is C18H26NO3PS3. The molecule has 0 amide bonds. The molecule has 1 aromatic carbocycles. The summed E-state index contributed by atoms with van der Waals surface area (Å²) in [5.41, 5.74) is 2.18. The Balaban J connectivity index is 2.45. The highest BCUT2D eigenvalue weighted by Crippen LogP contribution is 2.64. The van der Waals surface area contributed by atoms with Crippen molar-refractivity contribution in [3.63, 3.8) is 0 Å². The number of rotatable bonds is 10. The Morgan fingerprint density at radius 1 is 1.08 bits per heavy atom. The van der Waals surface area contributed by atoms with Gasteiger partial charge in [-0.25, -0.2) is 0 Å². The van der Waals surface area contributed by atoms with Gasteiger partial charge >= 0.3 is 7.60 Å². The molecule has 1 N–H and O–H groups in total.